The number of rotatable bonds is 6. The SMILES string of the molecule is CCCOC(=O)c1ccc(NC(=O)C(=O)NC[C@@H]2CCCO2)cc1. The van der Waals surface area contributed by atoms with E-state index in [4.69, 9.17) is 9.47 Å². The van der Waals surface area contributed by atoms with Crippen molar-refractivity contribution in [1.29, 1.82) is 0 Å². The first-order valence-corrected chi connectivity index (χ1v) is 8.08. The van der Waals surface area contributed by atoms with Crippen LogP contribution in [0.15, 0.2) is 24.3 Å². The maximum absolute atomic E-state index is 11.8. The van der Waals surface area contributed by atoms with E-state index in [9.17, 15) is 14.4 Å². The lowest BCUT2D eigenvalue weighted by Crippen LogP contribution is -2.39. The van der Waals surface area contributed by atoms with Gasteiger partial charge in [0.05, 0.1) is 18.3 Å². The highest BCUT2D eigenvalue weighted by atomic mass is 16.5. The lowest BCUT2D eigenvalue weighted by molar-refractivity contribution is -0.136. The van der Waals surface area contributed by atoms with Crippen LogP contribution in [0.3, 0.4) is 0 Å². The Kier molecular flexibility index (Phi) is 6.74. The van der Waals surface area contributed by atoms with Gasteiger partial charge in [-0.2, -0.15) is 0 Å². The van der Waals surface area contributed by atoms with Gasteiger partial charge in [-0.15, -0.1) is 0 Å². The molecule has 1 aromatic rings. The molecular formula is C17H22N2O5. The summed E-state index contributed by atoms with van der Waals surface area (Å²) in [7, 11) is 0. The lowest BCUT2D eigenvalue weighted by atomic mass is 10.2. The fourth-order valence-electron chi connectivity index (χ4n) is 2.25. The van der Waals surface area contributed by atoms with Gasteiger partial charge in [0.1, 0.15) is 0 Å². The molecule has 1 aliphatic heterocycles. The van der Waals surface area contributed by atoms with E-state index >= 15 is 0 Å². The van der Waals surface area contributed by atoms with Gasteiger partial charge in [0.25, 0.3) is 0 Å². The molecule has 1 saturated heterocycles. The zero-order valence-electron chi connectivity index (χ0n) is 13.7. The summed E-state index contributed by atoms with van der Waals surface area (Å²) >= 11 is 0. The van der Waals surface area contributed by atoms with E-state index in [-0.39, 0.29) is 6.10 Å². The summed E-state index contributed by atoms with van der Waals surface area (Å²) in [5.74, 6) is -1.88. The number of anilines is 1. The number of ether oxygens (including phenoxy) is 2. The van der Waals surface area contributed by atoms with Gasteiger partial charge in [-0.05, 0) is 43.5 Å². The third kappa shape index (κ3) is 5.34. The quantitative estimate of drug-likeness (QED) is 0.607. The van der Waals surface area contributed by atoms with E-state index in [0.29, 0.717) is 31.0 Å². The average Bonchev–Trinajstić information content (AvgIpc) is 3.11. The number of carbonyl (C=O) groups excluding carboxylic acids is 3. The number of hydrogen-bond acceptors (Lipinski definition) is 5. The molecule has 7 heteroatoms. The average molecular weight is 334 g/mol. The van der Waals surface area contributed by atoms with Crippen molar-refractivity contribution in [3.05, 3.63) is 29.8 Å². The van der Waals surface area contributed by atoms with E-state index in [1.807, 2.05) is 6.92 Å². The maximum Gasteiger partial charge on any atom is 0.338 e. The number of hydrogen-bond donors (Lipinski definition) is 2. The molecule has 1 aliphatic rings. The van der Waals surface area contributed by atoms with E-state index < -0.39 is 17.8 Å². The first-order valence-electron chi connectivity index (χ1n) is 8.08. The van der Waals surface area contributed by atoms with Gasteiger partial charge < -0.3 is 20.1 Å². The molecule has 2 amide bonds. The second kappa shape index (κ2) is 9.02. The largest absolute Gasteiger partial charge is 0.462 e. The van der Waals surface area contributed by atoms with Crippen molar-refractivity contribution in [1.82, 2.24) is 5.32 Å². The number of esters is 1. The fourth-order valence-corrected chi connectivity index (χ4v) is 2.25. The highest BCUT2D eigenvalue weighted by Gasteiger charge is 2.19. The summed E-state index contributed by atoms with van der Waals surface area (Å²) in [6.07, 6.45) is 2.59. The van der Waals surface area contributed by atoms with Crippen molar-refractivity contribution in [3.8, 4) is 0 Å². The Morgan fingerprint density at radius 3 is 2.58 bits per heavy atom. The topological polar surface area (TPSA) is 93.7 Å². The third-order valence-corrected chi connectivity index (χ3v) is 3.54. The molecule has 0 aromatic heterocycles. The van der Waals surface area contributed by atoms with Crippen LogP contribution in [0.4, 0.5) is 5.69 Å². The normalized spacial score (nSPS) is 16.5. The molecule has 24 heavy (non-hydrogen) atoms. The van der Waals surface area contributed by atoms with Crippen molar-refractivity contribution in [2.24, 2.45) is 0 Å². The molecule has 2 rings (SSSR count). The predicted molar refractivity (Wildman–Crippen MR) is 87.6 cm³/mol. The highest BCUT2D eigenvalue weighted by Crippen LogP contribution is 2.12. The summed E-state index contributed by atoms with van der Waals surface area (Å²) in [6, 6.07) is 6.18. The molecule has 0 spiro atoms. The van der Waals surface area contributed by atoms with Crippen LogP contribution in [0.5, 0.6) is 0 Å². The van der Waals surface area contributed by atoms with E-state index in [2.05, 4.69) is 10.6 Å². The first kappa shape index (κ1) is 17.9. The molecule has 0 bridgehead atoms. The molecule has 0 radical (unpaired) electrons. The van der Waals surface area contributed by atoms with Gasteiger partial charge >= 0.3 is 17.8 Å². The minimum atomic E-state index is -0.755. The molecule has 130 valence electrons. The summed E-state index contributed by atoms with van der Waals surface area (Å²) in [5.41, 5.74) is 0.823. The Morgan fingerprint density at radius 1 is 1.21 bits per heavy atom. The molecule has 1 fully saturated rings. The Morgan fingerprint density at radius 2 is 1.96 bits per heavy atom. The van der Waals surface area contributed by atoms with Gasteiger partial charge in [-0.1, -0.05) is 6.92 Å². The summed E-state index contributed by atoms with van der Waals surface area (Å²) in [6.45, 7) is 3.30. The molecule has 0 aliphatic carbocycles. The molecule has 1 atom stereocenters. The second-order valence-electron chi connectivity index (χ2n) is 5.51. The number of carbonyl (C=O) groups is 3. The van der Waals surface area contributed by atoms with Crippen LogP contribution in [0.2, 0.25) is 0 Å². The number of benzene rings is 1. The monoisotopic (exact) mass is 334 g/mol. The second-order valence-corrected chi connectivity index (χ2v) is 5.51. The molecule has 1 aromatic carbocycles. The number of nitrogens with one attached hydrogen (secondary N) is 2. The molecule has 1 heterocycles. The lowest BCUT2D eigenvalue weighted by Gasteiger charge is -2.11. The minimum Gasteiger partial charge on any atom is -0.462 e. The summed E-state index contributed by atoms with van der Waals surface area (Å²) in [4.78, 5) is 35.2. The summed E-state index contributed by atoms with van der Waals surface area (Å²) in [5, 5.41) is 5.03. The van der Waals surface area contributed by atoms with Crippen molar-refractivity contribution >= 4 is 23.5 Å². The van der Waals surface area contributed by atoms with Crippen LogP contribution in [0, 0.1) is 0 Å². The Labute approximate surface area is 140 Å². The zero-order chi connectivity index (χ0) is 17.4. The van der Waals surface area contributed by atoms with Crippen LogP contribution in [-0.4, -0.2) is 43.6 Å². The minimum absolute atomic E-state index is 0.0184. The Bertz CT molecular complexity index is 579. The van der Waals surface area contributed by atoms with Gasteiger partial charge in [0.2, 0.25) is 0 Å². The van der Waals surface area contributed by atoms with Crippen molar-refractivity contribution < 1.29 is 23.9 Å². The number of amides is 2. The van der Waals surface area contributed by atoms with E-state index in [1.165, 1.54) is 12.1 Å². The van der Waals surface area contributed by atoms with Crippen LogP contribution in [0.1, 0.15) is 36.5 Å². The fraction of sp³-hybridized carbons (Fsp3) is 0.471. The maximum atomic E-state index is 11.8. The van der Waals surface area contributed by atoms with E-state index in [0.717, 1.165) is 19.3 Å². The molecular weight excluding hydrogens is 312 g/mol. The standard InChI is InChI=1S/C17H22N2O5/c1-2-9-24-17(22)12-5-7-13(8-6-12)19-16(21)15(20)18-11-14-4-3-10-23-14/h5-8,14H,2-4,9-11H2,1H3,(H,18,20)(H,19,21)/t14-/m0/s1. The third-order valence-electron chi connectivity index (χ3n) is 3.54. The van der Waals surface area contributed by atoms with Crippen LogP contribution >= 0.6 is 0 Å². The molecule has 0 unspecified atom stereocenters. The van der Waals surface area contributed by atoms with Gasteiger partial charge in [-0.3, -0.25) is 9.59 Å². The first-order chi connectivity index (χ1) is 11.6. The predicted octanol–water partition coefficient (Wildman–Crippen LogP) is 1.49. The Hall–Kier alpha value is -2.41. The van der Waals surface area contributed by atoms with Crippen LogP contribution in [0.25, 0.3) is 0 Å². The van der Waals surface area contributed by atoms with Crippen molar-refractivity contribution in [3.63, 3.8) is 0 Å². The Balaban J connectivity index is 1.80. The molecule has 7 nitrogen and oxygen atoms in total. The highest BCUT2D eigenvalue weighted by molar-refractivity contribution is 6.39. The van der Waals surface area contributed by atoms with E-state index in [1.54, 1.807) is 12.1 Å². The summed E-state index contributed by atoms with van der Waals surface area (Å²) < 4.78 is 10.4. The molecule has 2 N–H and O–H groups in total. The van der Waals surface area contributed by atoms with Gasteiger partial charge in [0, 0.05) is 18.8 Å². The smallest absolute Gasteiger partial charge is 0.338 e. The van der Waals surface area contributed by atoms with Crippen LogP contribution < -0.4 is 10.6 Å². The van der Waals surface area contributed by atoms with Crippen LogP contribution in [-0.2, 0) is 19.1 Å². The van der Waals surface area contributed by atoms with Gasteiger partial charge in [0.15, 0.2) is 0 Å². The van der Waals surface area contributed by atoms with Crippen molar-refractivity contribution in [2.45, 2.75) is 32.3 Å². The van der Waals surface area contributed by atoms with Crippen molar-refractivity contribution in [2.75, 3.05) is 25.1 Å². The molecule has 0 saturated carbocycles. The zero-order valence-corrected chi connectivity index (χ0v) is 13.7. The van der Waals surface area contributed by atoms with Gasteiger partial charge in [-0.25, -0.2) is 4.79 Å².